The maximum absolute atomic E-state index is 12.6. The molecule has 6 nitrogen and oxygen atoms in total. The van der Waals surface area contributed by atoms with Crippen molar-refractivity contribution >= 4 is 11.8 Å². The first-order valence-electron chi connectivity index (χ1n) is 7.79. The number of benzene rings is 1. The SMILES string of the molecule is CNC(=O)c1cccc(C(=O)N2CCC(c3ccn[nH]3)CC2)c1. The quantitative estimate of drug-likeness (QED) is 0.907. The van der Waals surface area contributed by atoms with Crippen LogP contribution in [0.15, 0.2) is 36.5 Å². The number of rotatable bonds is 3. The molecule has 2 amide bonds. The van der Waals surface area contributed by atoms with E-state index in [1.165, 1.54) is 0 Å². The first-order chi connectivity index (χ1) is 11.2. The van der Waals surface area contributed by atoms with Gasteiger partial charge in [-0.05, 0) is 37.1 Å². The van der Waals surface area contributed by atoms with Crippen molar-refractivity contribution in [2.75, 3.05) is 20.1 Å². The summed E-state index contributed by atoms with van der Waals surface area (Å²) >= 11 is 0. The Kier molecular flexibility index (Phi) is 4.41. The molecular formula is C17H20N4O2. The van der Waals surface area contributed by atoms with E-state index >= 15 is 0 Å². The average molecular weight is 312 g/mol. The first-order valence-corrected chi connectivity index (χ1v) is 7.79. The van der Waals surface area contributed by atoms with Crippen LogP contribution in [-0.4, -0.2) is 47.0 Å². The number of hydrogen-bond acceptors (Lipinski definition) is 3. The Morgan fingerprint density at radius 3 is 2.61 bits per heavy atom. The van der Waals surface area contributed by atoms with E-state index in [1.54, 1.807) is 37.5 Å². The van der Waals surface area contributed by atoms with Crippen molar-refractivity contribution < 1.29 is 9.59 Å². The second kappa shape index (κ2) is 6.64. The van der Waals surface area contributed by atoms with Gasteiger partial charge in [-0.2, -0.15) is 5.10 Å². The van der Waals surface area contributed by atoms with E-state index in [1.807, 2.05) is 11.0 Å². The Labute approximate surface area is 134 Å². The molecule has 1 aromatic carbocycles. The third-order valence-corrected chi connectivity index (χ3v) is 4.34. The summed E-state index contributed by atoms with van der Waals surface area (Å²) in [5.74, 6) is 0.232. The molecule has 2 aromatic rings. The molecule has 0 radical (unpaired) electrons. The van der Waals surface area contributed by atoms with E-state index in [0.29, 0.717) is 30.1 Å². The van der Waals surface area contributed by atoms with Crippen LogP contribution in [0.25, 0.3) is 0 Å². The van der Waals surface area contributed by atoms with Crippen LogP contribution in [0.1, 0.15) is 45.2 Å². The van der Waals surface area contributed by atoms with E-state index in [4.69, 9.17) is 0 Å². The monoisotopic (exact) mass is 312 g/mol. The Morgan fingerprint density at radius 1 is 1.22 bits per heavy atom. The van der Waals surface area contributed by atoms with Crippen molar-refractivity contribution in [3.8, 4) is 0 Å². The standard InChI is InChI=1S/C17H20N4O2/c1-18-16(22)13-3-2-4-14(11-13)17(23)21-9-6-12(7-10-21)15-5-8-19-20-15/h2-5,8,11-12H,6-7,9-10H2,1H3,(H,18,22)(H,19,20). The number of likely N-dealkylation sites (tertiary alicyclic amines) is 1. The summed E-state index contributed by atoms with van der Waals surface area (Å²) in [5.41, 5.74) is 2.20. The van der Waals surface area contributed by atoms with Gasteiger partial charge in [0.05, 0.1) is 0 Å². The zero-order valence-corrected chi connectivity index (χ0v) is 13.1. The molecule has 3 rings (SSSR count). The number of piperidine rings is 1. The first kappa shape index (κ1) is 15.3. The van der Waals surface area contributed by atoms with Crippen molar-refractivity contribution in [2.45, 2.75) is 18.8 Å². The molecule has 0 bridgehead atoms. The molecule has 1 aliphatic heterocycles. The summed E-state index contributed by atoms with van der Waals surface area (Å²) in [6.07, 6.45) is 3.60. The zero-order valence-electron chi connectivity index (χ0n) is 13.1. The van der Waals surface area contributed by atoms with E-state index in [9.17, 15) is 9.59 Å². The van der Waals surface area contributed by atoms with Gasteiger partial charge in [-0.1, -0.05) is 6.07 Å². The van der Waals surface area contributed by atoms with Crippen LogP contribution in [0.3, 0.4) is 0 Å². The smallest absolute Gasteiger partial charge is 0.253 e. The number of nitrogens with one attached hydrogen (secondary N) is 2. The Balaban J connectivity index is 1.66. The molecule has 23 heavy (non-hydrogen) atoms. The molecule has 0 saturated carbocycles. The van der Waals surface area contributed by atoms with Gasteiger partial charge in [0.1, 0.15) is 0 Å². The van der Waals surface area contributed by atoms with E-state index < -0.39 is 0 Å². The summed E-state index contributed by atoms with van der Waals surface area (Å²) in [7, 11) is 1.58. The number of aromatic nitrogens is 2. The molecule has 1 fully saturated rings. The fraction of sp³-hybridized carbons (Fsp3) is 0.353. The van der Waals surface area contributed by atoms with Crippen LogP contribution >= 0.6 is 0 Å². The molecular weight excluding hydrogens is 292 g/mol. The topological polar surface area (TPSA) is 78.1 Å². The molecule has 6 heteroatoms. The van der Waals surface area contributed by atoms with Crippen molar-refractivity contribution in [3.63, 3.8) is 0 Å². The molecule has 120 valence electrons. The molecule has 0 spiro atoms. The van der Waals surface area contributed by atoms with E-state index in [-0.39, 0.29) is 11.8 Å². The van der Waals surface area contributed by atoms with Gasteiger partial charge in [0.2, 0.25) is 0 Å². The number of H-pyrrole nitrogens is 1. The Hall–Kier alpha value is -2.63. The molecule has 1 aliphatic rings. The minimum atomic E-state index is -0.183. The second-order valence-electron chi connectivity index (χ2n) is 5.74. The van der Waals surface area contributed by atoms with Crippen LogP contribution in [0, 0.1) is 0 Å². The van der Waals surface area contributed by atoms with Crippen LogP contribution < -0.4 is 5.32 Å². The van der Waals surface area contributed by atoms with Crippen LogP contribution in [-0.2, 0) is 0 Å². The van der Waals surface area contributed by atoms with Gasteiger partial charge < -0.3 is 10.2 Å². The number of amides is 2. The van der Waals surface area contributed by atoms with Crippen LogP contribution in [0.4, 0.5) is 0 Å². The fourth-order valence-electron chi connectivity index (χ4n) is 3.01. The molecule has 0 aliphatic carbocycles. The van der Waals surface area contributed by atoms with Crippen molar-refractivity contribution in [1.82, 2.24) is 20.4 Å². The number of carbonyl (C=O) groups is 2. The van der Waals surface area contributed by atoms with Gasteiger partial charge >= 0.3 is 0 Å². The summed E-state index contributed by atoms with van der Waals surface area (Å²) in [6, 6.07) is 8.86. The summed E-state index contributed by atoms with van der Waals surface area (Å²) in [4.78, 5) is 26.2. The molecule has 2 heterocycles. The van der Waals surface area contributed by atoms with Gasteiger partial charge in [0, 0.05) is 49.1 Å². The minimum Gasteiger partial charge on any atom is -0.355 e. The van der Waals surface area contributed by atoms with E-state index in [0.717, 1.165) is 18.5 Å². The average Bonchev–Trinajstić information content (AvgIpc) is 3.15. The molecule has 1 saturated heterocycles. The summed E-state index contributed by atoms with van der Waals surface area (Å²) < 4.78 is 0. The van der Waals surface area contributed by atoms with Crippen molar-refractivity contribution in [3.05, 3.63) is 53.3 Å². The normalized spacial score (nSPS) is 15.4. The Morgan fingerprint density at radius 2 is 1.96 bits per heavy atom. The van der Waals surface area contributed by atoms with Crippen LogP contribution in [0.2, 0.25) is 0 Å². The van der Waals surface area contributed by atoms with Crippen molar-refractivity contribution in [2.24, 2.45) is 0 Å². The van der Waals surface area contributed by atoms with Gasteiger partial charge in [0.25, 0.3) is 11.8 Å². The Bertz CT molecular complexity index is 688. The highest BCUT2D eigenvalue weighted by Gasteiger charge is 2.25. The van der Waals surface area contributed by atoms with Gasteiger partial charge in [-0.15, -0.1) is 0 Å². The van der Waals surface area contributed by atoms with Gasteiger partial charge in [0.15, 0.2) is 0 Å². The summed E-state index contributed by atoms with van der Waals surface area (Å²) in [6.45, 7) is 1.43. The second-order valence-corrected chi connectivity index (χ2v) is 5.74. The number of aromatic amines is 1. The van der Waals surface area contributed by atoms with Crippen LogP contribution in [0.5, 0.6) is 0 Å². The van der Waals surface area contributed by atoms with E-state index in [2.05, 4.69) is 15.5 Å². The summed E-state index contributed by atoms with van der Waals surface area (Å²) in [5, 5.41) is 9.58. The molecule has 0 atom stereocenters. The van der Waals surface area contributed by atoms with Crippen molar-refractivity contribution in [1.29, 1.82) is 0 Å². The zero-order chi connectivity index (χ0) is 16.2. The fourth-order valence-corrected chi connectivity index (χ4v) is 3.01. The lowest BCUT2D eigenvalue weighted by Gasteiger charge is -2.31. The minimum absolute atomic E-state index is 0.0150. The highest BCUT2D eigenvalue weighted by molar-refractivity contribution is 5.99. The third kappa shape index (κ3) is 3.26. The molecule has 1 aromatic heterocycles. The maximum atomic E-state index is 12.6. The predicted octanol–water partition coefficient (Wildman–Crippen LogP) is 1.79. The number of hydrogen-bond donors (Lipinski definition) is 2. The lowest BCUT2D eigenvalue weighted by atomic mass is 9.93. The molecule has 2 N–H and O–H groups in total. The van der Waals surface area contributed by atoms with Gasteiger partial charge in [-0.25, -0.2) is 0 Å². The predicted molar refractivity (Wildman–Crippen MR) is 86.3 cm³/mol. The van der Waals surface area contributed by atoms with Gasteiger partial charge in [-0.3, -0.25) is 14.7 Å². The maximum Gasteiger partial charge on any atom is 0.253 e. The highest BCUT2D eigenvalue weighted by atomic mass is 16.2. The third-order valence-electron chi connectivity index (χ3n) is 4.34. The number of nitrogens with zero attached hydrogens (tertiary/aromatic N) is 2. The highest BCUT2D eigenvalue weighted by Crippen LogP contribution is 2.27. The largest absolute Gasteiger partial charge is 0.355 e. The lowest BCUT2D eigenvalue weighted by Crippen LogP contribution is -2.38. The molecule has 0 unspecified atom stereocenters. The number of carbonyl (C=O) groups excluding carboxylic acids is 2. The lowest BCUT2D eigenvalue weighted by molar-refractivity contribution is 0.0712.